The number of hydrogen-bond acceptors (Lipinski definition) is 5. The van der Waals surface area contributed by atoms with Gasteiger partial charge in [0.2, 0.25) is 0 Å². The summed E-state index contributed by atoms with van der Waals surface area (Å²) >= 11 is 12.4. The number of ether oxygens (including phenoxy) is 1. The van der Waals surface area contributed by atoms with Crippen molar-refractivity contribution >= 4 is 40.8 Å². The van der Waals surface area contributed by atoms with Gasteiger partial charge in [0.15, 0.2) is 6.17 Å². The number of nitrogens with one attached hydrogen (secondary N) is 3. The quantitative estimate of drug-likeness (QED) is 0.594. The molecule has 3 N–H and O–H groups in total. The highest BCUT2D eigenvalue weighted by Gasteiger charge is 2.31. The molecule has 9 heteroatoms. The van der Waals surface area contributed by atoms with Gasteiger partial charge in [0.1, 0.15) is 11.4 Å². The summed E-state index contributed by atoms with van der Waals surface area (Å²) in [6, 6.07) is 14.3. The largest absolute Gasteiger partial charge is 0.496 e. The number of nitrogens with zero attached hydrogens (tertiary/aromatic N) is 2. The minimum absolute atomic E-state index is 0.191. The van der Waals surface area contributed by atoms with E-state index in [9.17, 15) is 4.79 Å². The molecule has 3 aromatic rings. The molecule has 1 aliphatic heterocycles. The molecule has 0 saturated heterocycles. The third-order valence-electron chi connectivity index (χ3n) is 4.50. The molecule has 0 amide bonds. The van der Waals surface area contributed by atoms with Crippen LogP contribution < -0.4 is 25.9 Å². The van der Waals surface area contributed by atoms with Crippen LogP contribution in [0.25, 0.3) is 0 Å². The first-order chi connectivity index (χ1) is 14.0. The zero-order valence-electron chi connectivity index (χ0n) is 15.7. The van der Waals surface area contributed by atoms with Crippen LogP contribution >= 0.6 is 23.2 Å². The zero-order chi connectivity index (χ0) is 20.5. The van der Waals surface area contributed by atoms with E-state index in [-0.39, 0.29) is 5.56 Å². The molecule has 1 aromatic heterocycles. The topological polar surface area (TPSA) is 82.2 Å². The summed E-state index contributed by atoms with van der Waals surface area (Å²) in [4.78, 5) is 20.5. The SMILES string of the molecule is COc1ccccc1[C@@H]1[NH+]=C(Nc2cccc(Cl)c2Cl)Nc2nc(C)cc(=O)n21. The van der Waals surface area contributed by atoms with E-state index in [0.717, 1.165) is 5.56 Å². The van der Waals surface area contributed by atoms with Crippen LogP contribution in [0.4, 0.5) is 11.6 Å². The number of para-hydroxylation sites is 1. The lowest BCUT2D eigenvalue weighted by Crippen LogP contribution is -2.82. The molecule has 0 aliphatic carbocycles. The standard InChI is InChI=1S/C20H17Cl2N5O2/c1-11-10-16(28)27-18(12-6-3-4-9-15(12)29-2)25-19(26-20(27)23-11)24-14-8-5-7-13(21)17(14)22/h3-10,18H,1-2H3,(H2,23,24,25,26)/p+1/t18-/m1/s1. The van der Waals surface area contributed by atoms with Gasteiger partial charge in [-0.1, -0.05) is 41.4 Å². The van der Waals surface area contributed by atoms with Crippen LogP contribution in [0.15, 0.2) is 53.3 Å². The first-order valence-corrected chi connectivity index (χ1v) is 9.58. The number of hydrogen-bond donors (Lipinski definition) is 3. The van der Waals surface area contributed by atoms with Crippen molar-refractivity contribution in [1.82, 2.24) is 9.55 Å². The van der Waals surface area contributed by atoms with Crippen LogP contribution in [0, 0.1) is 6.92 Å². The monoisotopic (exact) mass is 430 g/mol. The summed E-state index contributed by atoms with van der Waals surface area (Å²) in [5.74, 6) is 1.54. The summed E-state index contributed by atoms with van der Waals surface area (Å²) in [6.07, 6.45) is -0.552. The van der Waals surface area contributed by atoms with Gasteiger partial charge in [-0.25, -0.2) is 20.2 Å². The summed E-state index contributed by atoms with van der Waals surface area (Å²) in [7, 11) is 1.59. The van der Waals surface area contributed by atoms with E-state index < -0.39 is 6.17 Å². The number of fused-ring (bicyclic) bond motifs is 1. The van der Waals surface area contributed by atoms with Crippen molar-refractivity contribution < 1.29 is 9.73 Å². The van der Waals surface area contributed by atoms with Crippen LogP contribution in [0.5, 0.6) is 5.75 Å². The molecule has 0 unspecified atom stereocenters. The second kappa shape index (κ2) is 7.77. The maximum atomic E-state index is 12.8. The average Bonchev–Trinajstić information content (AvgIpc) is 2.70. The number of anilines is 2. The Bertz CT molecular complexity index is 1180. The number of aromatic nitrogens is 2. The predicted octanol–water partition coefficient (Wildman–Crippen LogP) is 2.39. The van der Waals surface area contributed by atoms with Crippen molar-refractivity contribution in [2.45, 2.75) is 13.1 Å². The van der Waals surface area contributed by atoms with E-state index in [4.69, 9.17) is 27.9 Å². The van der Waals surface area contributed by atoms with E-state index in [2.05, 4.69) is 20.6 Å². The molecule has 1 atom stereocenters. The Kier molecular flexibility index (Phi) is 5.17. The maximum absolute atomic E-state index is 12.8. The Morgan fingerprint density at radius 1 is 1.21 bits per heavy atom. The van der Waals surface area contributed by atoms with Crippen molar-refractivity contribution in [2.75, 3.05) is 17.7 Å². The third-order valence-corrected chi connectivity index (χ3v) is 5.32. The van der Waals surface area contributed by atoms with Crippen LogP contribution in [0.3, 0.4) is 0 Å². The highest BCUT2D eigenvalue weighted by molar-refractivity contribution is 6.44. The van der Waals surface area contributed by atoms with Gasteiger partial charge in [0.05, 0.1) is 22.7 Å². The fourth-order valence-corrected chi connectivity index (χ4v) is 3.55. The predicted molar refractivity (Wildman–Crippen MR) is 114 cm³/mol. The van der Waals surface area contributed by atoms with E-state index in [1.807, 2.05) is 24.3 Å². The lowest BCUT2D eigenvalue weighted by atomic mass is 10.1. The van der Waals surface area contributed by atoms with E-state index in [1.54, 1.807) is 32.2 Å². The number of rotatable bonds is 3. The van der Waals surface area contributed by atoms with Crippen molar-refractivity contribution in [1.29, 1.82) is 0 Å². The van der Waals surface area contributed by atoms with Crippen LogP contribution in [0.2, 0.25) is 10.0 Å². The molecule has 0 radical (unpaired) electrons. The lowest BCUT2D eigenvalue weighted by Gasteiger charge is -2.24. The molecule has 2 aromatic carbocycles. The maximum Gasteiger partial charge on any atom is 0.357 e. The summed E-state index contributed by atoms with van der Waals surface area (Å²) < 4.78 is 7.04. The van der Waals surface area contributed by atoms with Gasteiger partial charge in [-0.2, -0.15) is 0 Å². The molecule has 0 bridgehead atoms. The van der Waals surface area contributed by atoms with Crippen molar-refractivity contribution in [2.24, 2.45) is 0 Å². The molecule has 0 spiro atoms. The van der Waals surface area contributed by atoms with E-state index >= 15 is 0 Å². The number of methoxy groups -OCH3 is 1. The van der Waals surface area contributed by atoms with Gasteiger partial charge in [0, 0.05) is 11.8 Å². The van der Waals surface area contributed by atoms with E-state index in [1.165, 1.54) is 10.6 Å². The Labute approximate surface area is 177 Å². The van der Waals surface area contributed by atoms with Gasteiger partial charge in [-0.05, 0) is 31.2 Å². The molecule has 148 valence electrons. The van der Waals surface area contributed by atoms with Crippen molar-refractivity contribution in [3.8, 4) is 5.75 Å². The molecular weight excluding hydrogens is 413 g/mol. The number of aryl methyl sites for hydroxylation is 1. The number of guanidine groups is 1. The highest BCUT2D eigenvalue weighted by atomic mass is 35.5. The Balaban J connectivity index is 1.85. The Morgan fingerprint density at radius 2 is 2.00 bits per heavy atom. The molecule has 1 aliphatic rings. The second-order valence-electron chi connectivity index (χ2n) is 6.44. The number of halogens is 2. The first-order valence-electron chi connectivity index (χ1n) is 8.82. The normalized spacial score (nSPS) is 15.2. The van der Waals surface area contributed by atoms with E-state index in [0.29, 0.717) is 39.1 Å². The van der Waals surface area contributed by atoms with Gasteiger partial charge in [-0.3, -0.25) is 9.79 Å². The minimum atomic E-state index is -0.552. The highest BCUT2D eigenvalue weighted by Crippen LogP contribution is 2.30. The summed E-state index contributed by atoms with van der Waals surface area (Å²) in [6.45, 7) is 1.77. The van der Waals surface area contributed by atoms with Crippen LogP contribution in [-0.4, -0.2) is 22.6 Å². The summed E-state index contributed by atoms with van der Waals surface area (Å²) in [5, 5.41) is 7.12. The van der Waals surface area contributed by atoms with Crippen molar-refractivity contribution in [3.63, 3.8) is 0 Å². The van der Waals surface area contributed by atoms with Gasteiger partial charge in [-0.15, -0.1) is 0 Å². The molecule has 4 rings (SSSR count). The molecule has 2 heterocycles. The second-order valence-corrected chi connectivity index (χ2v) is 7.23. The Hall–Kier alpha value is -3.03. The molecule has 7 nitrogen and oxygen atoms in total. The zero-order valence-corrected chi connectivity index (χ0v) is 17.2. The smallest absolute Gasteiger partial charge is 0.357 e. The fraction of sp³-hybridized carbons (Fsp3) is 0.150. The minimum Gasteiger partial charge on any atom is -0.496 e. The molecule has 29 heavy (non-hydrogen) atoms. The van der Waals surface area contributed by atoms with Gasteiger partial charge < -0.3 is 4.74 Å². The van der Waals surface area contributed by atoms with Crippen LogP contribution in [0.1, 0.15) is 17.4 Å². The first kappa shape index (κ1) is 19.3. The molecule has 0 fully saturated rings. The molecular formula is C20H18Cl2N5O2+. The molecule has 0 saturated carbocycles. The van der Waals surface area contributed by atoms with Gasteiger partial charge in [0.25, 0.3) is 11.5 Å². The number of benzene rings is 2. The third kappa shape index (κ3) is 3.66. The lowest BCUT2D eigenvalue weighted by molar-refractivity contribution is -0.520. The van der Waals surface area contributed by atoms with Crippen LogP contribution in [-0.2, 0) is 0 Å². The van der Waals surface area contributed by atoms with Crippen molar-refractivity contribution in [3.05, 3.63) is 80.2 Å². The fourth-order valence-electron chi connectivity index (χ4n) is 3.20. The Morgan fingerprint density at radius 3 is 2.79 bits per heavy atom. The summed E-state index contributed by atoms with van der Waals surface area (Å²) in [5.41, 5.74) is 1.80. The van der Waals surface area contributed by atoms with Gasteiger partial charge >= 0.3 is 5.96 Å². The average molecular weight is 431 g/mol.